The Morgan fingerprint density at radius 3 is 2.63 bits per heavy atom. The number of ether oxygens (including phenoxy) is 2. The minimum Gasteiger partial charge on any atom is -0.407 e. The quantitative estimate of drug-likeness (QED) is 0.281. The number of benzodiazepines with no additional fused rings is 1. The number of amides is 1. The zero-order chi connectivity index (χ0) is 28.2. The second kappa shape index (κ2) is 11.6. The van der Waals surface area contributed by atoms with E-state index >= 15 is 0 Å². The van der Waals surface area contributed by atoms with Crippen LogP contribution in [0.25, 0.3) is 0 Å². The number of aliphatic imine (C=N–C) groups is 1. The van der Waals surface area contributed by atoms with Gasteiger partial charge in [-0.25, -0.2) is 14.7 Å². The van der Waals surface area contributed by atoms with Crippen molar-refractivity contribution in [2.24, 2.45) is 4.99 Å². The summed E-state index contributed by atoms with van der Waals surface area (Å²) in [6.45, 7) is 2.53. The van der Waals surface area contributed by atoms with Crippen LogP contribution in [0, 0.1) is 10.8 Å². The van der Waals surface area contributed by atoms with Crippen molar-refractivity contribution in [1.29, 1.82) is 10.8 Å². The van der Waals surface area contributed by atoms with Gasteiger partial charge in [0.25, 0.3) is 11.9 Å². The molecule has 2 aliphatic heterocycles. The maximum atomic E-state index is 13.1. The van der Waals surface area contributed by atoms with Crippen molar-refractivity contribution in [3.05, 3.63) is 102 Å². The number of nitrogens with zero attached hydrogens (tertiary/aromatic N) is 5. The van der Waals surface area contributed by atoms with E-state index in [2.05, 4.69) is 25.6 Å². The predicted octanol–water partition coefficient (Wildman–Crippen LogP) is 2.70. The number of benzene rings is 2. The van der Waals surface area contributed by atoms with Gasteiger partial charge in [-0.2, -0.15) is 5.10 Å². The number of hydrogen-bond acceptors (Lipinski definition) is 9. The number of anilines is 1. The summed E-state index contributed by atoms with van der Waals surface area (Å²) < 4.78 is 13.0. The summed E-state index contributed by atoms with van der Waals surface area (Å²) in [6.07, 6.45) is 6.35. The molecule has 2 atom stereocenters. The Labute approximate surface area is 236 Å². The van der Waals surface area contributed by atoms with E-state index in [0.29, 0.717) is 49.7 Å². The van der Waals surface area contributed by atoms with E-state index in [-0.39, 0.29) is 11.9 Å². The predicted molar refractivity (Wildman–Crippen MR) is 153 cm³/mol. The van der Waals surface area contributed by atoms with Gasteiger partial charge in [0.15, 0.2) is 0 Å². The highest BCUT2D eigenvalue weighted by molar-refractivity contribution is 6.19. The van der Waals surface area contributed by atoms with Crippen molar-refractivity contribution in [2.75, 3.05) is 31.6 Å². The SMILES string of the molecule is N=C(NC1N=C(c2ccccc2)c2ccccc2NC1=O)OC(=N)C1=C(N2CCOCC2)CC(n2cncn2)C=C1. The van der Waals surface area contributed by atoms with Gasteiger partial charge in [-0.1, -0.05) is 54.6 Å². The molecule has 208 valence electrons. The van der Waals surface area contributed by atoms with E-state index in [1.165, 1.54) is 6.33 Å². The molecule has 6 rings (SSSR count). The zero-order valence-corrected chi connectivity index (χ0v) is 22.2. The van der Waals surface area contributed by atoms with E-state index < -0.39 is 18.1 Å². The van der Waals surface area contributed by atoms with Gasteiger partial charge >= 0.3 is 0 Å². The highest BCUT2D eigenvalue weighted by Gasteiger charge is 2.29. The molecule has 3 aromatic rings. The van der Waals surface area contributed by atoms with Gasteiger partial charge in [0.2, 0.25) is 12.1 Å². The van der Waals surface area contributed by atoms with Gasteiger partial charge in [-0.05, 0) is 12.1 Å². The lowest BCUT2D eigenvalue weighted by Crippen LogP contribution is -2.44. The van der Waals surface area contributed by atoms with E-state index in [1.807, 2.05) is 66.7 Å². The molecule has 2 unspecified atom stereocenters. The molecular weight excluding hydrogens is 522 g/mol. The molecule has 0 bridgehead atoms. The zero-order valence-electron chi connectivity index (χ0n) is 22.2. The van der Waals surface area contributed by atoms with Crippen LogP contribution in [0.2, 0.25) is 0 Å². The van der Waals surface area contributed by atoms with Crippen LogP contribution in [0.1, 0.15) is 23.6 Å². The van der Waals surface area contributed by atoms with Crippen molar-refractivity contribution >= 4 is 29.2 Å². The minimum absolute atomic E-state index is 0.0634. The number of rotatable bonds is 5. The van der Waals surface area contributed by atoms with Crippen LogP contribution in [-0.2, 0) is 14.3 Å². The van der Waals surface area contributed by atoms with Gasteiger partial charge in [0.05, 0.1) is 36.2 Å². The average molecular weight is 552 g/mol. The Balaban J connectivity index is 1.23. The third kappa shape index (κ3) is 5.63. The fourth-order valence-electron chi connectivity index (χ4n) is 5.08. The minimum atomic E-state index is -1.15. The summed E-state index contributed by atoms with van der Waals surface area (Å²) in [6, 6.07) is 16.5. The number of morpholine rings is 1. The lowest BCUT2D eigenvalue weighted by atomic mass is 9.97. The first-order valence-electron chi connectivity index (χ1n) is 13.3. The number of carbonyl (C=O) groups excluding carboxylic acids is 1. The average Bonchev–Trinajstić information content (AvgIpc) is 3.51. The molecule has 1 fully saturated rings. The second-order valence-corrected chi connectivity index (χ2v) is 9.65. The first kappa shape index (κ1) is 26.1. The molecule has 2 aromatic carbocycles. The number of carbonyl (C=O) groups is 1. The molecule has 0 spiro atoms. The molecule has 12 nitrogen and oxygen atoms in total. The second-order valence-electron chi connectivity index (χ2n) is 9.65. The summed E-state index contributed by atoms with van der Waals surface area (Å²) >= 11 is 0. The summed E-state index contributed by atoms with van der Waals surface area (Å²) in [4.78, 5) is 24.1. The van der Waals surface area contributed by atoms with E-state index in [4.69, 9.17) is 25.3 Å². The monoisotopic (exact) mass is 551 g/mol. The lowest BCUT2D eigenvalue weighted by Gasteiger charge is -2.35. The van der Waals surface area contributed by atoms with Crippen LogP contribution in [0.3, 0.4) is 0 Å². The number of para-hydroxylation sites is 1. The smallest absolute Gasteiger partial charge is 0.290 e. The first-order chi connectivity index (χ1) is 20.1. The maximum absolute atomic E-state index is 13.1. The van der Waals surface area contributed by atoms with Crippen molar-refractivity contribution in [3.8, 4) is 0 Å². The largest absolute Gasteiger partial charge is 0.407 e. The van der Waals surface area contributed by atoms with Gasteiger partial charge in [0, 0.05) is 36.3 Å². The van der Waals surface area contributed by atoms with Crippen molar-refractivity contribution in [1.82, 2.24) is 25.0 Å². The van der Waals surface area contributed by atoms with Gasteiger partial charge < -0.3 is 25.0 Å². The summed E-state index contributed by atoms with van der Waals surface area (Å²) in [5.41, 5.74) is 4.29. The van der Waals surface area contributed by atoms with Gasteiger partial charge in [0.1, 0.15) is 12.7 Å². The van der Waals surface area contributed by atoms with Crippen LogP contribution in [-0.4, -0.2) is 75.7 Å². The van der Waals surface area contributed by atoms with Crippen LogP contribution in [0.4, 0.5) is 5.69 Å². The molecule has 1 saturated heterocycles. The number of hydrogen-bond donors (Lipinski definition) is 4. The standard InChI is InChI=1S/C29H29N9O3/c30-26(22-11-10-20(38-18-32-17-33-38)16-24(22)37-12-14-40-15-13-37)41-29(31)36-27-28(39)34-23-9-5-4-8-21(23)25(35-27)19-6-2-1-3-7-19/h1-11,17-18,20,27,30H,12-16H2,(H2,31,36)(H,34,39). The molecule has 12 heteroatoms. The number of fused-ring (bicyclic) bond motifs is 1. The summed E-state index contributed by atoms with van der Waals surface area (Å²) in [5.74, 6) is -0.647. The topological polar surface area (TPSA) is 154 Å². The van der Waals surface area contributed by atoms with Crippen molar-refractivity contribution in [3.63, 3.8) is 0 Å². The Kier molecular flexibility index (Phi) is 7.37. The number of nitrogens with one attached hydrogen (secondary N) is 4. The third-order valence-corrected chi connectivity index (χ3v) is 7.08. The lowest BCUT2D eigenvalue weighted by molar-refractivity contribution is -0.117. The Morgan fingerprint density at radius 2 is 1.85 bits per heavy atom. The normalized spacial score (nSPS) is 20.4. The number of amidine groups is 1. The maximum Gasteiger partial charge on any atom is 0.290 e. The van der Waals surface area contributed by atoms with Crippen LogP contribution >= 0.6 is 0 Å². The molecule has 3 aliphatic rings. The highest BCUT2D eigenvalue weighted by atomic mass is 16.5. The Hall–Kier alpha value is -5.10. The van der Waals surface area contributed by atoms with Crippen LogP contribution in [0.15, 0.2) is 95.7 Å². The Bertz CT molecular complexity index is 1540. The molecule has 1 amide bonds. The van der Waals surface area contributed by atoms with Crippen LogP contribution in [0.5, 0.6) is 0 Å². The fraction of sp³-hybridized carbons (Fsp3) is 0.241. The molecule has 1 aromatic heterocycles. The highest BCUT2D eigenvalue weighted by Crippen LogP contribution is 2.30. The van der Waals surface area contributed by atoms with Crippen molar-refractivity contribution < 1.29 is 14.3 Å². The van der Waals surface area contributed by atoms with Crippen LogP contribution < -0.4 is 10.6 Å². The fourth-order valence-corrected chi connectivity index (χ4v) is 5.08. The van der Waals surface area contributed by atoms with E-state index in [0.717, 1.165) is 16.8 Å². The summed E-state index contributed by atoms with van der Waals surface area (Å²) in [5, 5.41) is 27.2. The van der Waals surface area contributed by atoms with Gasteiger partial charge in [-0.3, -0.25) is 15.6 Å². The molecule has 3 heterocycles. The molecule has 0 radical (unpaired) electrons. The number of allylic oxidation sites excluding steroid dienone is 2. The summed E-state index contributed by atoms with van der Waals surface area (Å²) in [7, 11) is 0. The van der Waals surface area contributed by atoms with Crippen molar-refractivity contribution in [2.45, 2.75) is 18.6 Å². The molecule has 4 N–H and O–H groups in total. The van der Waals surface area contributed by atoms with E-state index in [9.17, 15) is 4.79 Å². The molecule has 1 aliphatic carbocycles. The van der Waals surface area contributed by atoms with E-state index in [1.54, 1.807) is 11.0 Å². The first-order valence-corrected chi connectivity index (χ1v) is 13.3. The third-order valence-electron chi connectivity index (χ3n) is 7.08. The molecule has 0 saturated carbocycles. The number of aromatic nitrogens is 3. The molecule has 41 heavy (non-hydrogen) atoms. The molecular formula is C29H29N9O3. The Morgan fingerprint density at radius 1 is 1.07 bits per heavy atom. The van der Waals surface area contributed by atoms with Gasteiger partial charge in [-0.15, -0.1) is 0 Å².